The number of aromatic nitrogens is 2. The second kappa shape index (κ2) is 9.76. The summed E-state index contributed by atoms with van der Waals surface area (Å²) in [6, 6.07) is 12.2. The summed E-state index contributed by atoms with van der Waals surface area (Å²) >= 11 is 0. The average molecular weight is 504 g/mol. The largest absolute Gasteiger partial charge is 0.444 e. The first-order valence-electron chi connectivity index (χ1n) is 12.0. The summed E-state index contributed by atoms with van der Waals surface area (Å²) < 4.78 is 53.6. The molecule has 0 aliphatic carbocycles. The van der Waals surface area contributed by atoms with Crippen molar-refractivity contribution in [3.05, 3.63) is 65.4 Å². The summed E-state index contributed by atoms with van der Waals surface area (Å²) in [7, 11) is 1.68. The minimum atomic E-state index is -4.46. The summed E-state index contributed by atoms with van der Waals surface area (Å²) in [6.07, 6.45) is -1.92. The van der Waals surface area contributed by atoms with Crippen molar-refractivity contribution >= 4 is 17.0 Å². The molecule has 1 aromatic heterocycles. The van der Waals surface area contributed by atoms with Crippen LogP contribution >= 0.6 is 0 Å². The number of halogens is 3. The maximum atomic E-state index is 13.5. The number of hydrogen-bond acceptors (Lipinski definition) is 4. The Morgan fingerprint density at radius 1 is 1.08 bits per heavy atom. The second-order valence-corrected chi connectivity index (χ2v) is 10.5. The molecule has 1 aliphatic rings. The summed E-state index contributed by atoms with van der Waals surface area (Å²) in [5, 5.41) is 4.77. The van der Waals surface area contributed by atoms with Gasteiger partial charge in [0.05, 0.1) is 24.3 Å². The molecule has 9 heteroatoms. The number of nitrogens with zero attached hydrogens (tertiary/aromatic N) is 3. The number of hydrogen-bond donors (Lipinski definition) is 0. The van der Waals surface area contributed by atoms with Crippen LogP contribution < -0.4 is 0 Å². The minimum Gasteiger partial charge on any atom is -0.444 e. The number of benzene rings is 2. The smallest absolute Gasteiger partial charge is 0.416 e. The van der Waals surface area contributed by atoms with Gasteiger partial charge in [-0.15, -0.1) is 0 Å². The molecular weight excluding hydrogens is 471 g/mol. The summed E-state index contributed by atoms with van der Waals surface area (Å²) in [5.74, 6) is 0. The molecule has 2 aromatic carbocycles. The minimum absolute atomic E-state index is 0.00178. The highest BCUT2D eigenvalue weighted by Gasteiger charge is 2.39. The maximum Gasteiger partial charge on any atom is 0.416 e. The van der Waals surface area contributed by atoms with Gasteiger partial charge in [-0.1, -0.05) is 30.3 Å². The van der Waals surface area contributed by atoms with Crippen LogP contribution in [0.25, 0.3) is 10.9 Å². The van der Waals surface area contributed by atoms with Gasteiger partial charge in [0.15, 0.2) is 0 Å². The van der Waals surface area contributed by atoms with Crippen LogP contribution in [0.2, 0.25) is 0 Å². The van der Waals surface area contributed by atoms with Gasteiger partial charge in [0, 0.05) is 42.7 Å². The Kier molecular flexibility index (Phi) is 7.05. The van der Waals surface area contributed by atoms with Crippen LogP contribution in [0.1, 0.15) is 50.3 Å². The molecule has 0 saturated carbocycles. The molecule has 0 unspecified atom stereocenters. The molecule has 1 aliphatic heterocycles. The average Bonchev–Trinajstić information content (AvgIpc) is 3.19. The van der Waals surface area contributed by atoms with Crippen molar-refractivity contribution in [2.45, 2.75) is 57.4 Å². The van der Waals surface area contributed by atoms with E-state index in [0.717, 1.165) is 17.7 Å². The maximum absolute atomic E-state index is 13.5. The van der Waals surface area contributed by atoms with Gasteiger partial charge < -0.3 is 14.4 Å². The van der Waals surface area contributed by atoms with Crippen molar-refractivity contribution in [2.24, 2.45) is 7.05 Å². The van der Waals surface area contributed by atoms with E-state index in [2.05, 4.69) is 5.10 Å². The molecule has 0 radical (unpaired) electrons. The summed E-state index contributed by atoms with van der Waals surface area (Å²) in [4.78, 5) is 14.3. The highest BCUT2D eigenvalue weighted by molar-refractivity contribution is 5.82. The van der Waals surface area contributed by atoms with E-state index in [1.807, 2.05) is 51.1 Å². The van der Waals surface area contributed by atoms with Gasteiger partial charge in [-0.25, -0.2) is 4.79 Å². The third-order valence-corrected chi connectivity index (χ3v) is 6.52. The third-order valence-electron chi connectivity index (χ3n) is 6.52. The first kappa shape index (κ1) is 26.0. The normalized spacial score (nSPS) is 16.4. The molecule has 3 aromatic rings. The molecule has 1 amide bonds. The predicted octanol–water partition coefficient (Wildman–Crippen LogP) is 6.08. The Morgan fingerprint density at radius 3 is 2.36 bits per heavy atom. The molecule has 0 N–H and O–H groups in total. The molecule has 0 bridgehead atoms. The van der Waals surface area contributed by atoms with E-state index in [4.69, 9.17) is 9.47 Å². The van der Waals surface area contributed by atoms with Gasteiger partial charge in [-0.05, 0) is 51.3 Å². The Labute approximate surface area is 209 Å². The number of carbonyl (C=O) groups excluding carboxylic acids is 1. The first-order chi connectivity index (χ1) is 16.9. The number of rotatable bonds is 5. The van der Waals surface area contributed by atoms with E-state index in [1.54, 1.807) is 18.1 Å². The number of alkyl halides is 3. The fraction of sp³-hybridized carbons (Fsp3) is 0.481. The number of carbonyl (C=O) groups is 1. The molecule has 4 rings (SSSR count). The number of amides is 1. The second-order valence-electron chi connectivity index (χ2n) is 10.5. The van der Waals surface area contributed by atoms with Gasteiger partial charge in [0.25, 0.3) is 0 Å². The Balaban J connectivity index is 1.53. The SMILES string of the molecule is Cn1cc2cc(C(F)(F)F)cc(COCC3(c4ccccc4)CCN(C(=O)OC(C)(C)C)CC3)c2n1. The fourth-order valence-corrected chi connectivity index (χ4v) is 4.71. The Bertz CT molecular complexity index is 1210. The van der Waals surface area contributed by atoms with Crippen LogP contribution in [0.5, 0.6) is 0 Å². The molecule has 6 nitrogen and oxygen atoms in total. The standard InChI is InChI=1S/C27H32F3N3O3/c1-25(2,3)36-24(34)33-12-10-26(11-13-33,21-8-6-5-7-9-21)18-35-17-20-15-22(27(28,29)30)14-19-16-32(4)31-23(19)20/h5-9,14-16H,10-13,17-18H2,1-4H3. The molecule has 0 spiro atoms. The number of piperidine rings is 1. The van der Waals surface area contributed by atoms with Crippen molar-refractivity contribution in [1.82, 2.24) is 14.7 Å². The Hall–Kier alpha value is -3.07. The van der Waals surface area contributed by atoms with E-state index in [0.29, 0.717) is 49.0 Å². The van der Waals surface area contributed by atoms with Crippen LogP contribution in [0.15, 0.2) is 48.7 Å². The van der Waals surface area contributed by atoms with Crippen molar-refractivity contribution < 1.29 is 27.4 Å². The lowest BCUT2D eigenvalue weighted by atomic mass is 9.73. The zero-order chi connectivity index (χ0) is 26.1. The Morgan fingerprint density at radius 2 is 1.75 bits per heavy atom. The summed E-state index contributed by atoms with van der Waals surface area (Å²) in [5.41, 5.74) is 0.320. The van der Waals surface area contributed by atoms with Gasteiger partial charge >= 0.3 is 12.3 Å². The zero-order valence-electron chi connectivity index (χ0n) is 21.1. The van der Waals surface area contributed by atoms with Crippen molar-refractivity contribution in [3.8, 4) is 0 Å². The molecular formula is C27H32F3N3O3. The van der Waals surface area contributed by atoms with Crippen molar-refractivity contribution in [3.63, 3.8) is 0 Å². The van der Waals surface area contributed by atoms with E-state index in [9.17, 15) is 18.0 Å². The lowest BCUT2D eigenvalue weighted by Crippen LogP contribution is -2.48. The highest BCUT2D eigenvalue weighted by Crippen LogP contribution is 2.37. The van der Waals surface area contributed by atoms with Gasteiger partial charge in [-0.3, -0.25) is 4.68 Å². The number of likely N-dealkylation sites (tertiary alicyclic amines) is 1. The zero-order valence-corrected chi connectivity index (χ0v) is 21.1. The summed E-state index contributed by atoms with van der Waals surface area (Å²) in [6.45, 7) is 6.82. The lowest BCUT2D eigenvalue weighted by molar-refractivity contribution is -0.137. The monoisotopic (exact) mass is 503 g/mol. The van der Waals surface area contributed by atoms with E-state index < -0.39 is 17.3 Å². The predicted molar refractivity (Wildman–Crippen MR) is 131 cm³/mol. The van der Waals surface area contributed by atoms with Gasteiger partial charge in [0.2, 0.25) is 0 Å². The van der Waals surface area contributed by atoms with E-state index in [1.165, 1.54) is 4.68 Å². The van der Waals surface area contributed by atoms with Crippen LogP contribution in [0.3, 0.4) is 0 Å². The molecule has 1 fully saturated rings. The van der Waals surface area contributed by atoms with Crippen molar-refractivity contribution in [2.75, 3.05) is 19.7 Å². The number of ether oxygens (including phenoxy) is 2. The van der Waals surface area contributed by atoms with Gasteiger partial charge in [0.1, 0.15) is 5.60 Å². The molecule has 194 valence electrons. The number of fused-ring (bicyclic) bond motifs is 1. The fourth-order valence-electron chi connectivity index (χ4n) is 4.71. The topological polar surface area (TPSA) is 56.6 Å². The van der Waals surface area contributed by atoms with Crippen LogP contribution in [0, 0.1) is 0 Å². The van der Waals surface area contributed by atoms with E-state index >= 15 is 0 Å². The third kappa shape index (κ3) is 5.83. The van der Waals surface area contributed by atoms with Crippen LogP contribution in [-0.4, -0.2) is 46.1 Å². The molecule has 0 atom stereocenters. The van der Waals surface area contributed by atoms with Crippen molar-refractivity contribution in [1.29, 1.82) is 0 Å². The molecule has 2 heterocycles. The lowest BCUT2D eigenvalue weighted by Gasteiger charge is -2.42. The van der Waals surface area contributed by atoms with Crippen LogP contribution in [0.4, 0.5) is 18.0 Å². The number of aryl methyl sites for hydroxylation is 1. The van der Waals surface area contributed by atoms with E-state index in [-0.39, 0.29) is 18.1 Å². The van der Waals surface area contributed by atoms with Gasteiger partial charge in [-0.2, -0.15) is 18.3 Å². The molecule has 36 heavy (non-hydrogen) atoms. The highest BCUT2D eigenvalue weighted by atomic mass is 19.4. The molecule has 1 saturated heterocycles. The first-order valence-corrected chi connectivity index (χ1v) is 12.0. The quantitative estimate of drug-likeness (QED) is 0.424. The van der Waals surface area contributed by atoms with Crippen LogP contribution in [-0.2, 0) is 34.7 Å².